The van der Waals surface area contributed by atoms with E-state index in [1.807, 2.05) is 0 Å². The Morgan fingerprint density at radius 1 is 1.04 bits per heavy atom. The van der Waals surface area contributed by atoms with E-state index in [4.69, 9.17) is 9.47 Å². The van der Waals surface area contributed by atoms with Gasteiger partial charge in [0, 0.05) is 19.9 Å². The van der Waals surface area contributed by atoms with E-state index in [9.17, 15) is 10.2 Å². The molecule has 0 unspecified atom stereocenters. The molecule has 1 aliphatic rings. The predicted molar refractivity (Wildman–Crippen MR) is 90.7 cm³/mol. The summed E-state index contributed by atoms with van der Waals surface area (Å²) in [5.74, 6) is 0.302. The van der Waals surface area contributed by atoms with Crippen molar-refractivity contribution in [3.8, 4) is 40.5 Å². The molecule has 0 radical (unpaired) electrons. The Morgan fingerprint density at radius 3 is 2.63 bits per heavy atom. The average Bonchev–Trinajstić information content (AvgIpc) is 3.29. The van der Waals surface area contributed by atoms with Crippen LogP contribution >= 0.6 is 0 Å². The van der Waals surface area contributed by atoms with Gasteiger partial charge >= 0.3 is 6.01 Å². The molecule has 0 atom stereocenters. The largest absolute Gasteiger partial charge is 0.507 e. The number of benzene rings is 1. The third-order valence-corrected chi connectivity index (χ3v) is 4.07. The Kier molecular flexibility index (Phi) is 2.88. The van der Waals surface area contributed by atoms with Crippen molar-refractivity contribution in [2.24, 2.45) is 0 Å². The van der Waals surface area contributed by atoms with Crippen molar-refractivity contribution >= 4 is 11.2 Å². The van der Waals surface area contributed by atoms with Crippen molar-refractivity contribution in [1.29, 1.82) is 0 Å². The van der Waals surface area contributed by atoms with Crippen LogP contribution in [0.2, 0.25) is 0 Å². The molecular weight excluding hydrogens is 354 g/mol. The van der Waals surface area contributed by atoms with E-state index in [1.54, 1.807) is 19.9 Å². The fourth-order valence-electron chi connectivity index (χ4n) is 3.00. The zero-order chi connectivity index (χ0) is 18.8. The number of aromatic amines is 1. The highest BCUT2D eigenvalue weighted by molar-refractivity contribution is 5.80. The molecule has 4 aromatic rings. The van der Waals surface area contributed by atoms with Crippen LogP contribution in [-0.4, -0.2) is 50.7 Å². The molecular formula is C16H13N7O4. The highest BCUT2D eigenvalue weighted by Crippen LogP contribution is 2.46. The molecule has 0 saturated heterocycles. The first kappa shape index (κ1) is 15.4. The number of phenolic OH excluding ortho intramolecular Hbond substituents is 1. The van der Waals surface area contributed by atoms with Gasteiger partial charge in [-0.1, -0.05) is 5.10 Å². The van der Waals surface area contributed by atoms with Crippen LogP contribution in [0.4, 0.5) is 0 Å². The number of rotatable bonds is 2. The first-order valence-electron chi connectivity index (χ1n) is 7.97. The number of phenols is 1. The van der Waals surface area contributed by atoms with Crippen LogP contribution < -0.4 is 9.47 Å². The lowest BCUT2D eigenvalue weighted by molar-refractivity contribution is -0.0431. The molecule has 0 bridgehead atoms. The number of nitrogens with zero attached hydrogens (tertiary/aromatic N) is 6. The minimum absolute atomic E-state index is 0.115. The zero-order valence-electron chi connectivity index (χ0n) is 14.2. The molecule has 5 rings (SSSR count). The Hall–Kier alpha value is -3.89. The lowest BCUT2D eigenvalue weighted by Gasteiger charge is -2.16. The van der Waals surface area contributed by atoms with Gasteiger partial charge < -0.3 is 24.7 Å². The van der Waals surface area contributed by atoms with Gasteiger partial charge in [-0.3, -0.25) is 0 Å². The molecule has 0 aliphatic carbocycles. The van der Waals surface area contributed by atoms with Crippen LogP contribution in [0.1, 0.15) is 13.8 Å². The first-order chi connectivity index (χ1) is 12.9. The smallest absolute Gasteiger partial charge is 0.320 e. The number of ether oxygens (including phenoxy) is 2. The number of H-pyrrole nitrogens is 1. The number of aromatic hydroxyl groups is 2. The third-order valence-electron chi connectivity index (χ3n) is 4.07. The zero-order valence-corrected chi connectivity index (χ0v) is 14.2. The minimum Gasteiger partial charge on any atom is -0.507 e. The van der Waals surface area contributed by atoms with Crippen molar-refractivity contribution in [1.82, 2.24) is 34.7 Å². The molecule has 4 heterocycles. The summed E-state index contributed by atoms with van der Waals surface area (Å²) in [7, 11) is 0. The SMILES string of the molecule is CC1(C)Oc2cc(O)c(-c3nnc(O)n3-c3ncnc4[nH]cnc34)cc2O1. The summed E-state index contributed by atoms with van der Waals surface area (Å²) in [6.45, 7) is 3.51. The lowest BCUT2D eigenvalue weighted by Crippen LogP contribution is -2.29. The molecule has 11 nitrogen and oxygen atoms in total. The van der Waals surface area contributed by atoms with Crippen molar-refractivity contribution in [2.45, 2.75) is 19.6 Å². The maximum absolute atomic E-state index is 10.5. The van der Waals surface area contributed by atoms with Gasteiger partial charge in [0.25, 0.3) is 0 Å². The minimum atomic E-state index is -0.850. The number of aromatic nitrogens is 7. The summed E-state index contributed by atoms with van der Waals surface area (Å²) in [5, 5.41) is 28.5. The van der Waals surface area contributed by atoms with Gasteiger partial charge in [0.2, 0.25) is 5.79 Å². The Balaban J connectivity index is 1.73. The first-order valence-corrected chi connectivity index (χ1v) is 7.97. The van der Waals surface area contributed by atoms with Crippen molar-refractivity contribution in [3.63, 3.8) is 0 Å². The van der Waals surface area contributed by atoms with Crippen molar-refractivity contribution in [2.75, 3.05) is 0 Å². The van der Waals surface area contributed by atoms with E-state index in [1.165, 1.54) is 23.3 Å². The summed E-state index contributed by atoms with van der Waals surface area (Å²) in [5.41, 5.74) is 1.18. The maximum atomic E-state index is 10.5. The summed E-state index contributed by atoms with van der Waals surface area (Å²) < 4.78 is 12.6. The molecule has 27 heavy (non-hydrogen) atoms. The highest BCUT2D eigenvalue weighted by Gasteiger charge is 2.34. The Labute approximate surface area is 151 Å². The number of nitrogens with one attached hydrogen (secondary N) is 1. The van der Waals surface area contributed by atoms with E-state index >= 15 is 0 Å². The summed E-state index contributed by atoms with van der Waals surface area (Å²) in [6, 6.07) is 2.59. The number of imidazole rings is 1. The number of hydrogen-bond donors (Lipinski definition) is 3. The van der Waals surface area contributed by atoms with Gasteiger partial charge in [0.15, 0.2) is 34.3 Å². The number of hydrogen-bond acceptors (Lipinski definition) is 9. The van der Waals surface area contributed by atoms with Crippen LogP contribution in [0.5, 0.6) is 23.3 Å². The fourth-order valence-corrected chi connectivity index (χ4v) is 3.00. The molecule has 3 N–H and O–H groups in total. The van der Waals surface area contributed by atoms with Crippen LogP contribution in [0, 0.1) is 0 Å². The van der Waals surface area contributed by atoms with E-state index < -0.39 is 11.8 Å². The molecule has 1 aromatic carbocycles. The molecule has 0 amide bonds. The molecule has 0 spiro atoms. The van der Waals surface area contributed by atoms with Gasteiger partial charge in [-0.2, -0.15) is 0 Å². The fraction of sp³-hybridized carbons (Fsp3) is 0.188. The number of fused-ring (bicyclic) bond motifs is 2. The standard InChI is InChI=1S/C16H13N7O4/c1-16(2)26-9-3-7(8(24)4-10(9)27-16)13-21-22-15(25)23(13)14-11-12(18-5-17-11)19-6-20-14/h3-6,24H,1-2H3,(H,22,25)(H,17,18,19,20). The van der Waals surface area contributed by atoms with Gasteiger partial charge in [-0.25, -0.2) is 19.5 Å². The van der Waals surface area contributed by atoms with Crippen LogP contribution in [0.15, 0.2) is 24.8 Å². The van der Waals surface area contributed by atoms with Crippen LogP contribution in [0.25, 0.3) is 28.4 Å². The second kappa shape index (κ2) is 5.06. The van der Waals surface area contributed by atoms with E-state index in [0.29, 0.717) is 22.7 Å². The topological polar surface area (TPSA) is 144 Å². The lowest BCUT2D eigenvalue weighted by atomic mass is 10.1. The monoisotopic (exact) mass is 367 g/mol. The third kappa shape index (κ3) is 2.25. The van der Waals surface area contributed by atoms with Crippen LogP contribution in [-0.2, 0) is 0 Å². The van der Waals surface area contributed by atoms with E-state index in [2.05, 4.69) is 30.1 Å². The molecule has 3 aromatic heterocycles. The molecule has 0 saturated carbocycles. The van der Waals surface area contributed by atoms with Crippen molar-refractivity contribution in [3.05, 3.63) is 24.8 Å². The molecule has 136 valence electrons. The van der Waals surface area contributed by atoms with E-state index in [0.717, 1.165) is 0 Å². The second-order valence-corrected chi connectivity index (χ2v) is 6.38. The van der Waals surface area contributed by atoms with Gasteiger partial charge in [0.05, 0.1) is 11.9 Å². The molecule has 0 fully saturated rings. The van der Waals surface area contributed by atoms with Gasteiger partial charge in [-0.15, -0.1) is 5.10 Å². The summed E-state index contributed by atoms with van der Waals surface area (Å²) in [6.07, 6.45) is 2.78. The Bertz CT molecular complexity index is 1200. The summed E-state index contributed by atoms with van der Waals surface area (Å²) in [4.78, 5) is 15.3. The maximum Gasteiger partial charge on any atom is 0.320 e. The Morgan fingerprint density at radius 2 is 1.81 bits per heavy atom. The summed E-state index contributed by atoms with van der Waals surface area (Å²) >= 11 is 0. The normalized spacial score (nSPS) is 14.7. The van der Waals surface area contributed by atoms with Crippen molar-refractivity contribution < 1.29 is 19.7 Å². The second-order valence-electron chi connectivity index (χ2n) is 6.38. The quantitative estimate of drug-likeness (QED) is 0.480. The molecule has 1 aliphatic heterocycles. The average molecular weight is 367 g/mol. The predicted octanol–water partition coefficient (Wildman–Crippen LogP) is 1.52. The van der Waals surface area contributed by atoms with Crippen LogP contribution in [0.3, 0.4) is 0 Å². The van der Waals surface area contributed by atoms with E-state index in [-0.39, 0.29) is 23.0 Å². The molecule has 11 heteroatoms. The van der Waals surface area contributed by atoms with Gasteiger partial charge in [-0.05, 0) is 6.07 Å². The highest BCUT2D eigenvalue weighted by atomic mass is 16.7. The van der Waals surface area contributed by atoms with Gasteiger partial charge in [0.1, 0.15) is 12.1 Å².